The smallest absolute Gasteiger partial charge is 0.225 e. The second-order valence-electron chi connectivity index (χ2n) is 6.61. The number of hydrogen-bond donors (Lipinski definition) is 1. The molecule has 1 amide bonds. The van der Waals surface area contributed by atoms with Crippen LogP contribution in [0.15, 0.2) is 24.3 Å². The quantitative estimate of drug-likeness (QED) is 0.921. The van der Waals surface area contributed by atoms with Crippen molar-refractivity contribution in [3.05, 3.63) is 34.9 Å². The van der Waals surface area contributed by atoms with Crippen molar-refractivity contribution in [1.82, 2.24) is 15.1 Å². The molecule has 2 aliphatic heterocycles. The van der Waals surface area contributed by atoms with Gasteiger partial charge in [-0.05, 0) is 50.0 Å². The van der Waals surface area contributed by atoms with Crippen molar-refractivity contribution in [3.63, 3.8) is 0 Å². The molecule has 0 spiro atoms. The molecular formula is C18H26ClN3O. The standard InChI is InChI=1S/C18H26ClN3O/c19-17-5-1-3-15(13-17)14-21-9-11-22(12-10-21)18(23)16-4-2-7-20-8-6-16/h1,3,5,13,16,20H,2,4,6-12,14H2. The lowest BCUT2D eigenvalue weighted by Gasteiger charge is -2.36. The molecule has 3 rings (SSSR count). The van der Waals surface area contributed by atoms with Gasteiger partial charge in [-0.3, -0.25) is 9.69 Å². The Labute approximate surface area is 143 Å². The zero-order valence-corrected chi connectivity index (χ0v) is 14.4. The summed E-state index contributed by atoms with van der Waals surface area (Å²) >= 11 is 6.05. The first-order valence-corrected chi connectivity index (χ1v) is 9.06. The molecule has 1 unspecified atom stereocenters. The zero-order chi connectivity index (χ0) is 16.1. The third-order valence-corrected chi connectivity index (χ3v) is 5.14. The predicted octanol–water partition coefficient (Wildman–Crippen LogP) is 2.37. The first kappa shape index (κ1) is 16.7. The van der Waals surface area contributed by atoms with Crippen molar-refractivity contribution in [2.45, 2.75) is 25.8 Å². The van der Waals surface area contributed by atoms with E-state index in [0.717, 1.165) is 70.1 Å². The summed E-state index contributed by atoms with van der Waals surface area (Å²) in [5.74, 6) is 0.598. The highest BCUT2D eigenvalue weighted by Crippen LogP contribution is 2.19. The molecule has 0 aromatic heterocycles. The number of benzene rings is 1. The minimum absolute atomic E-state index is 0.226. The number of halogens is 1. The molecule has 126 valence electrons. The Morgan fingerprint density at radius 2 is 2.00 bits per heavy atom. The molecule has 1 atom stereocenters. The molecule has 5 heteroatoms. The minimum atomic E-state index is 0.226. The lowest BCUT2D eigenvalue weighted by Crippen LogP contribution is -2.50. The molecule has 0 saturated carbocycles. The number of carbonyl (C=O) groups is 1. The Balaban J connectivity index is 1.48. The van der Waals surface area contributed by atoms with Gasteiger partial charge in [-0.25, -0.2) is 0 Å². The number of nitrogens with one attached hydrogen (secondary N) is 1. The minimum Gasteiger partial charge on any atom is -0.340 e. The Morgan fingerprint density at radius 3 is 2.78 bits per heavy atom. The van der Waals surface area contributed by atoms with Crippen LogP contribution in [0.2, 0.25) is 5.02 Å². The van der Waals surface area contributed by atoms with E-state index in [1.807, 2.05) is 18.2 Å². The van der Waals surface area contributed by atoms with Gasteiger partial charge >= 0.3 is 0 Å². The maximum Gasteiger partial charge on any atom is 0.225 e. The number of nitrogens with zero attached hydrogens (tertiary/aromatic N) is 2. The normalized spacial score (nSPS) is 23.5. The van der Waals surface area contributed by atoms with E-state index in [9.17, 15) is 4.79 Å². The SMILES string of the molecule is O=C(C1CCCNCC1)N1CCN(Cc2cccc(Cl)c2)CC1. The van der Waals surface area contributed by atoms with E-state index in [2.05, 4.69) is 21.2 Å². The molecule has 4 nitrogen and oxygen atoms in total. The number of carbonyl (C=O) groups excluding carboxylic acids is 1. The lowest BCUT2D eigenvalue weighted by atomic mass is 9.98. The monoisotopic (exact) mass is 335 g/mol. The summed E-state index contributed by atoms with van der Waals surface area (Å²) in [6, 6.07) is 8.04. The molecule has 1 N–H and O–H groups in total. The Kier molecular flexibility index (Phi) is 5.92. The summed E-state index contributed by atoms with van der Waals surface area (Å²) in [5, 5.41) is 4.17. The van der Waals surface area contributed by atoms with Crippen LogP contribution in [-0.2, 0) is 11.3 Å². The van der Waals surface area contributed by atoms with Crippen LogP contribution >= 0.6 is 11.6 Å². The second kappa shape index (κ2) is 8.13. The first-order chi connectivity index (χ1) is 11.2. The van der Waals surface area contributed by atoms with Gasteiger partial charge in [0.15, 0.2) is 0 Å². The van der Waals surface area contributed by atoms with Gasteiger partial charge in [0.1, 0.15) is 0 Å². The van der Waals surface area contributed by atoms with E-state index in [0.29, 0.717) is 5.91 Å². The van der Waals surface area contributed by atoms with Crippen LogP contribution in [0.3, 0.4) is 0 Å². The van der Waals surface area contributed by atoms with Crippen LogP contribution in [-0.4, -0.2) is 55.0 Å². The zero-order valence-electron chi connectivity index (χ0n) is 13.6. The molecule has 2 aliphatic rings. The number of piperazine rings is 1. The van der Waals surface area contributed by atoms with Crippen LogP contribution < -0.4 is 5.32 Å². The molecule has 2 fully saturated rings. The number of rotatable bonds is 3. The van der Waals surface area contributed by atoms with E-state index < -0.39 is 0 Å². The highest BCUT2D eigenvalue weighted by molar-refractivity contribution is 6.30. The van der Waals surface area contributed by atoms with Crippen LogP contribution in [0.1, 0.15) is 24.8 Å². The second-order valence-corrected chi connectivity index (χ2v) is 7.05. The van der Waals surface area contributed by atoms with Crippen molar-refractivity contribution in [2.24, 2.45) is 5.92 Å². The van der Waals surface area contributed by atoms with Crippen molar-refractivity contribution in [1.29, 1.82) is 0 Å². The highest BCUT2D eigenvalue weighted by atomic mass is 35.5. The van der Waals surface area contributed by atoms with Gasteiger partial charge in [0.2, 0.25) is 5.91 Å². The predicted molar refractivity (Wildman–Crippen MR) is 93.5 cm³/mol. The highest BCUT2D eigenvalue weighted by Gasteiger charge is 2.27. The van der Waals surface area contributed by atoms with Gasteiger partial charge in [-0.15, -0.1) is 0 Å². The number of hydrogen-bond acceptors (Lipinski definition) is 3. The summed E-state index contributed by atoms with van der Waals surface area (Å²) in [4.78, 5) is 17.2. The van der Waals surface area contributed by atoms with Crippen LogP contribution in [0, 0.1) is 5.92 Å². The fraction of sp³-hybridized carbons (Fsp3) is 0.611. The molecule has 23 heavy (non-hydrogen) atoms. The van der Waals surface area contributed by atoms with E-state index >= 15 is 0 Å². The van der Waals surface area contributed by atoms with Crippen molar-refractivity contribution in [2.75, 3.05) is 39.3 Å². The Morgan fingerprint density at radius 1 is 1.17 bits per heavy atom. The summed E-state index contributed by atoms with van der Waals surface area (Å²) in [7, 11) is 0. The first-order valence-electron chi connectivity index (χ1n) is 8.69. The van der Waals surface area contributed by atoms with Crippen LogP contribution in [0.25, 0.3) is 0 Å². The van der Waals surface area contributed by atoms with Gasteiger partial charge in [0, 0.05) is 43.7 Å². The molecule has 0 radical (unpaired) electrons. The fourth-order valence-corrected chi connectivity index (χ4v) is 3.76. The summed E-state index contributed by atoms with van der Waals surface area (Å²) in [5.41, 5.74) is 1.24. The van der Waals surface area contributed by atoms with E-state index in [1.165, 1.54) is 5.56 Å². The van der Waals surface area contributed by atoms with Crippen LogP contribution in [0.4, 0.5) is 0 Å². The van der Waals surface area contributed by atoms with Gasteiger partial charge in [-0.1, -0.05) is 23.7 Å². The molecule has 1 aromatic rings. The summed E-state index contributed by atoms with van der Waals surface area (Å²) in [6.07, 6.45) is 3.14. The fourth-order valence-electron chi connectivity index (χ4n) is 3.54. The number of amides is 1. The van der Waals surface area contributed by atoms with E-state index in [4.69, 9.17) is 11.6 Å². The third-order valence-electron chi connectivity index (χ3n) is 4.90. The molecule has 0 bridgehead atoms. The Hall–Kier alpha value is -1.10. The van der Waals surface area contributed by atoms with E-state index in [1.54, 1.807) is 0 Å². The lowest BCUT2D eigenvalue weighted by molar-refractivity contribution is -0.137. The van der Waals surface area contributed by atoms with E-state index in [-0.39, 0.29) is 5.92 Å². The average Bonchev–Trinajstić information content (AvgIpc) is 2.84. The molecular weight excluding hydrogens is 310 g/mol. The van der Waals surface area contributed by atoms with Crippen molar-refractivity contribution in [3.8, 4) is 0 Å². The average molecular weight is 336 g/mol. The van der Waals surface area contributed by atoms with Crippen LogP contribution in [0.5, 0.6) is 0 Å². The maximum absolute atomic E-state index is 12.7. The van der Waals surface area contributed by atoms with Gasteiger partial charge in [-0.2, -0.15) is 0 Å². The summed E-state index contributed by atoms with van der Waals surface area (Å²) < 4.78 is 0. The Bertz CT molecular complexity index is 521. The van der Waals surface area contributed by atoms with Gasteiger partial charge in [0.05, 0.1) is 0 Å². The molecule has 2 saturated heterocycles. The maximum atomic E-state index is 12.7. The summed E-state index contributed by atoms with van der Waals surface area (Å²) in [6.45, 7) is 6.54. The largest absolute Gasteiger partial charge is 0.340 e. The van der Waals surface area contributed by atoms with Gasteiger partial charge < -0.3 is 10.2 Å². The van der Waals surface area contributed by atoms with Crippen molar-refractivity contribution >= 4 is 17.5 Å². The molecule has 1 aromatic carbocycles. The molecule has 2 heterocycles. The van der Waals surface area contributed by atoms with Crippen molar-refractivity contribution < 1.29 is 4.79 Å². The van der Waals surface area contributed by atoms with Gasteiger partial charge in [0.25, 0.3) is 0 Å². The molecule has 0 aliphatic carbocycles. The third kappa shape index (κ3) is 4.69. The topological polar surface area (TPSA) is 35.6 Å².